The van der Waals surface area contributed by atoms with Crippen molar-refractivity contribution in [2.24, 2.45) is 0 Å². The topological polar surface area (TPSA) is 6.48 Å². The Labute approximate surface area is 335 Å². The minimum absolute atomic E-state index is 0.209. The van der Waals surface area contributed by atoms with Crippen LogP contribution in [0.15, 0.2) is 218 Å². The summed E-state index contributed by atoms with van der Waals surface area (Å²) in [4.78, 5) is 4.87. The van der Waals surface area contributed by atoms with Gasteiger partial charge in [-0.1, -0.05) is 178 Å². The maximum absolute atomic E-state index is 2.53. The third kappa shape index (κ3) is 6.07. The van der Waals surface area contributed by atoms with Crippen molar-refractivity contribution in [2.45, 2.75) is 19.3 Å². The van der Waals surface area contributed by atoms with E-state index in [2.05, 4.69) is 242 Å². The third-order valence-electron chi connectivity index (χ3n) is 11.6. The highest BCUT2D eigenvalue weighted by molar-refractivity contribution is 6.07. The van der Waals surface area contributed by atoms with Crippen molar-refractivity contribution in [3.05, 3.63) is 230 Å². The number of fused-ring (bicyclic) bond motifs is 3. The molecule has 272 valence electrons. The fourth-order valence-corrected chi connectivity index (χ4v) is 8.73. The first-order valence-electron chi connectivity index (χ1n) is 19.8. The Morgan fingerprint density at radius 2 is 0.860 bits per heavy atom. The van der Waals surface area contributed by atoms with Gasteiger partial charge in [0.15, 0.2) is 0 Å². The Bertz CT molecular complexity index is 2840. The Morgan fingerprint density at radius 1 is 0.368 bits per heavy atom. The molecule has 2 nitrogen and oxygen atoms in total. The molecule has 1 heterocycles. The van der Waals surface area contributed by atoms with Crippen LogP contribution in [0.3, 0.4) is 0 Å². The van der Waals surface area contributed by atoms with Crippen molar-refractivity contribution >= 4 is 44.9 Å². The number of nitrogens with zero attached hydrogens (tertiary/aromatic N) is 2. The first-order valence-corrected chi connectivity index (χ1v) is 19.8. The third-order valence-corrected chi connectivity index (χ3v) is 11.6. The van der Waals surface area contributed by atoms with Crippen LogP contribution in [0, 0.1) is 0 Å². The summed E-state index contributed by atoms with van der Waals surface area (Å²) in [6.45, 7) is 4.74. The second-order valence-electron chi connectivity index (χ2n) is 15.4. The van der Waals surface area contributed by atoms with E-state index in [4.69, 9.17) is 0 Å². The molecule has 1 aliphatic heterocycles. The summed E-state index contributed by atoms with van der Waals surface area (Å²) in [5.41, 5.74) is 16.6. The summed E-state index contributed by atoms with van der Waals surface area (Å²) in [5.74, 6) is 0. The summed E-state index contributed by atoms with van der Waals surface area (Å²) in [5, 5.41) is 2.43. The number of benzene rings is 9. The van der Waals surface area contributed by atoms with Crippen LogP contribution in [0.1, 0.15) is 25.0 Å². The van der Waals surface area contributed by atoms with Gasteiger partial charge in [0.05, 0.1) is 17.1 Å². The molecule has 0 amide bonds. The average Bonchev–Trinajstić information content (AvgIpc) is 3.28. The fraction of sp³-hybridized carbons (Fsp3) is 0.0545. The molecule has 0 N–H and O–H groups in total. The van der Waals surface area contributed by atoms with Crippen LogP contribution in [0.2, 0.25) is 0 Å². The van der Waals surface area contributed by atoms with E-state index >= 15 is 0 Å². The van der Waals surface area contributed by atoms with Crippen molar-refractivity contribution in [1.29, 1.82) is 0 Å². The summed E-state index contributed by atoms with van der Waals surface area (Å²) in [6, 6.07) is 79.3. The number of anilines is 6. The van der Waals surface area contributed by atoms with Gasteiger partial charge in [-0.05, 0) is 98.9 Å². The predicted octanol–water partition coefficient (Wildman–Crippen LogP) is 15.4. The van der Waals surface area contributed by atoms with Crippen LogP contribution in [-0.2, 0) is 5.41 Å². The van der Waals surface area contributed by atoms with Crippen LogP contribution in [-0.4, -0.2) is 0 Å². The van der Waals surface area contributed by atoms with Crippen LogP contribution < -0.4 is 9.80 Å². The molecule has 0 spiro atoms. The normalized spacial score (nSPS) is 12.8. The Kier molecular flexibility index (Phi) is 8.53. The quantitative estimate of drug-likeness (QED) is 0.161. The molecule has 10 rings (SSSR count). The summed E-state index contributed by atoms with van der Waals surface area (Å²) in [7, 11) is 0. The minimum atomic E-state index is -0.209. The van der Waals surface area contributed by atoms with Crippen molar-refractivity contribution in [3.8, 4) is 33.4 Å². The van der Waals surface area contributed by atoms with Gasteiger partial charge in [-0.2, -0.15) is 0 Å². The van der Waals surface area contributed by atoms with E-state index in [1.807, 2.05) is 0 Å². The SMILES string of the molecule is CC1(C)c2ccccc2N(c2c(-c3ccc(N(c4ccccc4)c4ccc(-c5ccccc5)cc4)cc3)ccc3ccccc23)c2ccc(-c3ccccc3)cc21. The molecule has 0 radical (unpaired) electrons. The molecule has 2 heteroatoms. The van der Waals surface area contributed by atoms with Crippen LogP contribution in [0.5, 0.6) is 0 Å². The smallest absolute Gasteiger partial charge is 0.0618 e. The Hall–Kier alpha value is -7.16. The van der Waals surface area contributed by atoms with E-state index in [-0.39, 0.29) is 5.41 Å². The Balaban J connectivity index is 1.12. The molecule has 57 heavy (non-hydrogen) atoms. The molecule has 0 bridgehead atoms. The summed E-state index contributed by atoms with van der Waals surface area (Å²) < 4.78 is 0. The number of para-hydroxylation sites is 2. The lowest BCUT2D eigenvalue weighted by atomic mass is 9.72. The molecule has 0 saturated heterocycles. The summed E-state index contributed by atoms with van der Waals surface area (Å²) in [6.07, 6.45) is 0. The predicted molar refractivity (Wildman–Crippen MR) is 242 cm³/mol. The second-order valence-corrected chi connectivity index (χ2v) is 15.4. The lowest BCUT2D eigenvalue weighted by molar-refractivity contribution is 0.632. The highest BCUT2D eigenvalue weighted by Gasteiger charge is 2.38. The zero-order valence-corrected chi connectivity index (χ0v) is 32.2. The van der Waals surface area contributed by atoms with Crippen molar-refractivity contribution < 1.29 is 0 Å². The highest BCUT2D eigenvalue weighted by Crippen LogP contribution is 2.55. The molecule has 0 atom stereocenters. The summed E-state index contributed by atoms with van der Waals surface area (Å²) >= 11 is 0. The van der Waals surface area contributed by atoms with E-state index in [1.165, 1.54) is 66.8 Å². The average molecular weight is 731 g/mol. The molecular formula is C55H42N2. The largest absolute Gasteiger partial charge is 0.311 e. The molecule has 0 saturated carbocycles. The van der Waals surface area contributed by atoms with Gasteiger partial charge in [-0.25, -0.2) is 0 Å². The zero-order valence-electron chi connectivity index (χ0n) is 32.2. The molecular weight excluding hydrogens is 689 g/mol. The van der Waals surface area contributed by atoms with Gasteiger partial charge in [0, 0.05) is 33.4 Å². The standard InChI is InChI=1S/C55H42N2/c1-55(2)50-24-14-15-25-52(50)57(53-37-31-44(38-51(53)55)40-18-8-4-9-19-40)54-48-23-13-12-20-42(48)30-36-49(54)43-28-34-47(35-29-43)56(45-21-10-5-11-22-45)46-32-26-41(27-33-46)39-16-6-3-7-17-39/h3-38H,1-2H3. The first-order chi connectivity index (χ1) is 28.0. The van der Waals surface area contributed by atoms with Crippen LogP contribution in [0.25, 0.3) is 44.2 Å². The van der Waals surface area contributed by atoms with E-state index in [0.29, 0.717) is 0 Å². The fourth-order valence-electron chi connectivity index (χ4n) is 8.73. The second kappa shape index (κ2) is 14.2. The van der Waals surface area contributed by atoms with Gasteiger partial charge < -0.3 is 9.80 Å². The van der Waals surface area contributed by atoms with E-state index < -0.39 is 0 Å². The number of rotatable bonds is 7. The monoisotopic (exact) mass is 730 g/mol. The number of hydrogen-bond donors (Lipinski definition) is 0. The molecule has 0 fully saturated rings. The van der Waals surface area contributed by atoms with Gasteiger partial charge in [0.2, 0.25) is 0 Å². The maximum atomic E-state index is 2.53. The van der Waals surface area contributed by atoms with Gasteiger partial charge in [-0.3, -0.25) is 0 Å². The molecule has 0 aromatic heterocycles. The van der Waals surface area contributed by atoms with Gasteiger partial charge in [0.25, 0.3) is 0 Å². The Morgan fingerprint density at radius 3 is 1.54 bits per heavy atom. The maximum Gasteiger partial charge on any atom is 0.0618 e. The molecule has 9 aromatic rings. The van der Waals surface area contributed by atoms with E-state index in [1.54, 1.807) is 0 Å². The zero-order chi connectivity index (χ0) is 38.3. The molecule has 1 aliphatic rings. The van der Waals surface area contributed by atoms with Crippen molar-refractivity contribution in [3.63, 3.8) is 0 Å². The molecule has 0 aliphatic carbocycles. The van der Waals surface area contributed by atoms with Gasteiger partial charge in [-0.15, -0.1) is 0 Å². The lowest BCUT2D eigenvalue weighted by Gasteiger charge is -2.43. The van der Waals surface area contributed by atoms with E-state index in [0.717, 1.165) is 22.6 Å². The number of hydrogen-bond acceptors (Lipinski definition) is 2. The minimum Gasteiger partial charge on any atom is -0.311 e. The van der Waals surface area contributed by atoms with Crippen molar-refractivity contribution in [2.75, 3.05) is 9.80 Å². The van der Waals surface area contributed by atoms with Crippen molar-refractivity contribution in [1.82, 2.24) is 0 Å². The molecule has 0 unspecified atom stereocenters. The first kappa shape index (κ1) is 34.3. The van der Waals surface area contributed by atoms with Gasteiger partial charge >= 0.3 is 0 Å². The van der Waals surface area contributed by atoms with E-state index in [9.17, 15) is 0 Å². The highest BCUT2D eigenvalue weighted by atomic mass is 15.2. The molecule has 9 aromatic carbocycles. The lowest BCUT2D eigenvalue weighted by Crippen LogP contribution is -2.31. The van der Waals surface area contributed by atoms with Crippen LogP contribution >= 0.6 is 0 Å². The van der Waals surface area contributed by atoms with Crippen LogP contribution in [0.4, 0.5) is 34.1 Å². The van der Waals surface area contributed by atoms with Gasteiger partial charge in [0.1, 0.15) is 0 Å².